The summed E-state index contributed by atoms with van der Waals surface area (Å²) in [5, 5.41) is 0.0736. The van der Waals surface area contributed by atoms with Crippen LogP contribution in [0.25, 0.3) is 0 Å². The second-order valence-corrected chi connectivity index (χ2v) is 8.59. The smallest absolute Gasteiger partial charge is 0.260 e. The Labute approximate surface area is 118 Å². The Morgan fingerprint density at radius 1 is 1.30 bits per heavy atom. The molecule has 1 saturated heterocycles. The Hall–Kier alpha value is -0.970. The summed E-state index contributed by atoms with van der Waals surface area (Å²) in [5.41, 5.74) is 0. The second kappa shape index (κ2) is 5.43. The zero-order valence-electron chi connectivity index (χ0n) is 11.3. The highest BCUT2D eigenvalue weighted by molar-refractivity contribution is 7.89. The fourth-order valence-electron chi connectivity index (χ4n) is 2.19. The molecule has 0 spiro atoms. The SMILES string of the molecule is Cc1ncc(S(=O)(=O)N2CCC(NS(C)(=O)=O)CC2)[nH]1. The topological polar surface area (TPSA) is 112 Å². The normalized spacial score (nSPS) is 19.3. The monoisotopic (exact) mass is 322 g/mol. The molecule has 0 saturated carbocycles. The molecule has 2 rings (SSSR count). The van der Waals surface area contributed by atoms with E-state index in [1.54, 1.807) is 6.92 Å². The number of H-pyrrole nitrogens is 1. The van der Waals surface area contributed by atoms with Crippen molar-refractivity contribution in [1.82, 2.24) is 19.0 Å². The van der Waals surface area contributed by atoms with Gasteiger partial charge in [-0.25, -0.2) is 26.5 Å². The van der Waals surface area contributed by atoms with Crippen molar-refractivity contribution in [3.8, 4) is 0 Å². The number of imidazole rings is 1. The van der Waals surface area contributed by atoms with E-state index >= 15 is 0 Å². The van der Waals surface area contributed by atoms with Gasteiger partial charge in [-0.05, 0) is 19.8 Å². The Bertz CT molecular complexity index is 672. The molecule has 0 atom stereocenters. The van der Waals surface area contributed by atoms with Gasteiger partial charge in [-0.3, -0.25) is 0 Å². The molecule has 8 nitrogen and oxygen atoms in total. The number of nitrogens with one attached hydrogen (secondary N) is 2. The third kappa shape index (κ3) is 3.57. The van der Waals surface area contributed by atoms with Crippen molar-refractivity contribution >= 4 is 20.0 Å². The standard InChI is InChI=1S/C10H18N4O4S2/c1-8-11-7-10(12-8)20(17,18)14-5-3-9(4-6-14)13-19(2,15)16/h7,9,13H,3-6H2,1-2H3,(H,11,12). The average molecular weight is 322 g/mol. The van der Waals surface area contributed by atoms with Crippen LogP contribution in [0.5, 0.6) is 0 Å². The molecule has 0 aliphatic carbocycles. The number of aromatic amines is 1. The zero-order valence-corrected chi connectivity index (χ0v) is 13.0. The van der Waals surface area contributed by atoms with E-state index in [1.165, 1.54) is 10.5 Å². The summed E-state index contributed by atoms with van der Waals surface area (Å²) < 4.78 is 50.8. The van der Waals surface area contributed by atoms with Gasteiger partial charge in [0.25, 0.3) is 10.0 Å². The molecule has 1 aliphatic heterocycles. The number of aryl methyl sites for hydroxylation is 1. The van der Waals surface area contributed by atoms with E-state index in [0.29, 0.717) is 18.7 Å². The number of piperidine rings is 1. The van der Waals surface area contributed by atoms with Crippen LogP contribution in [-0.2, 0) is 20.0 Å². The summed E-state index contributed by atoms with van der Waals surface area (Å²) >= 11 is 0. The van der Waals surface area contributed by atoms with Crippen molar-refractivity contribution in [3.63, 3.8) is 0 Å². The number of hydrogen-bond donors (Lipinski definition) is 2. The van der Waals surface area contributed by atoms with Crippen LogP contribution in [0, 0.1) is 6.92 Å². The molecule has 0 aromatic carbocycles. The summed E-state index contributed by atoms with van der Waals surface area (Å²) in [6.45, 7) is 2.25. The average Bonchev–Trinajstić information content (AvgIpc) is 2.75. The number of rotatable bonds is 4. The van der Waals surface area contributed by atoms with Gasteiger partial charge < -0.3 is 4.98 Å². The summed E-state index contributed by atoms with van der Waals surface area (Å²) in [7, 11) is -6.83. The quantitative estimate of drug-likeness (QED) is 0.770. The lowest BCUT2D eigenvalue weighted by Gasteiger charge is -2.30. The molecular weight excluding hydrogens is 304 g/mol. The second-order valence-electron chi connectivity index (χ2n) is 4.90. The molecule has 2 heterocycles. The van der Waals surface area contributed by atoms with Gasteiger partial charge in [0, 0.05) is 19.1 Å². The van der Waals surface area contributed by atoms with E-state index in [0.717, 1.165) is 6.26 Å². The van der Waals surface area contributed by atoms with Crippen molar-refractivity contribution in [2.75, 3.05) is 19.3 Å². The molecule has 0 bridgehead atoms. The van der Waals surface area contributed by atoms with Gasteiger partial charge in [-0.1, -0.05) is 0 Å². The summed E-state index contributed by atoms with van der Waals surface area (Å²) in [6, 6.07) is -0.208. The van der Waals surface area contributed by atoms with Gasteiger partial charge in [0.15, 0.2) is 5.03 Å². The number of hydrogen-bond acceptors (Lipinski definition) is 5. The highest BCUT2D eigenvalue weighted by atomic mass is 32.2. The van der Waals surface area contributed by atoms with Crippen LogP contribution in [0.4, 0.5) is 0 Å². The van der Waals surface area contributed by atoms with Crippen LogP contribution < -0.4 is 4.72 Å². The molecule has 0 radical (unpaired) electrons. The molecule has 1 fully saturated rings. The first-order valence-corrected chi connectivity index (χ1v) is 9.51. The van der Waals surface area contributed by atoms with E-state index in [4.69, 9.17) is 0 Å². The van der Waals surface area contributed by atoms with Gasteiger partial charge in [0.1, 0.15) is 5.82 Å². The molecule has 0 unspecified atom stereocenters. The molecule has 114 valence electrons. The van der Waals surface area contributed by atoms with E-state index in [-0.39, 0.29) is 24.2 Å². The van der Waals surface area contributed by atoms with Crippen molar-refractivity contribution < 1.29 is 16.8 Å². The van der Waals surface area contributed by atoms with E-state index in [1.807, 2.05) is 0 Å². The number of nitrogens with zero attached hydrogens (tertiary/aromatic N) is 2. The van der Waals surface area contributed by atoms with E-state index in [9.17, 15) is 16.8 Å². The first kappa shape index (κ1) is 15.4. The minimum absolute atomic E-state index is 0.0736. The fraction of sp³-hybridized carbons (Fsp3) is 0.700. The molecule has 1 aliphatic rings. The number of sulfonamides is 2. The Balaban J connectivity index is 2.04. The van der Waals surface area contributed by atoms with E-state index in [2.05, 4.69) is 14.7 Å². The van der Waals surface area contributed by atoms with Gasteiger partial charge >= 0.3 is 0 Å². The lowest BCUT2D eigenvalue weighted by molar-refractivity contribution is 0.308. The maximum Gasteiger partial charge on any atom is 0.260 e. The Kier molecular flexibility index (Phi) is 4.19. The van der Waals surface area contributed by atoms with Crippen LogP contribution in [-0.4, -0.2) is 56.5 Å². The molecule has 1 aromatic heterocycles. The third-order valence-electron chi connectivity index (χ3n) is 3.13. The maximum atomic E-state index is 12.3. The molecule has 10 heteroatoms. The Morgan fingerprint density at radius 2 is 1.90 bits per heavy atom. The Morgan fingerprint density at radius 3 is 2.35 bits per heavy atom. The van der Waals surface area contributed by atoms with Crippen molar-refractivity contribution in [2.45, 2.75) is 30.8 Å². The summed E-state index contributed by atoms with van der Waals surface area (Å²) in [5.74, 6) is 0.539. The third-order valence-corrected chi connectivity index (χ3v) is 5.70. The van der Waals surface area contributed by atoms with Crippen LogP contribution in [0.15, 0.2) is 11.2 Å². The van der Waals surface area contributed by atoms with Crippen molar-refractivity contribution in [1.29, 1.82) is 0 Å². The largest absolute Gasteiger partial charge is 0.332 e. The lowest BCUT2D eigenvalue weighted by Crippen LogP contribution is -2.46. The van der Waals surface area contributed by atoms with Crippen LogP contribution >= 0.6 is 0 Å². The molecule has 1 aromatic rings. The fourth-order valence-corrected chi connectivity index (χ4v) is 4.46. The lowest BCUT2D eigenvalue weighted by atomic mass is 10.1. The first-order chi connectivity index (χ1) is 9.18. The molecule has 20 heavy (non-hydrogen) atoms. The maximum absolute atomic E-state index is 12.3. The van der Waals surface area contributed by atoms with Gasteiger partial charge in [-0.15, -0.1) is 0 Å². The minimum Gasteiger partial charge on any atom is -0.332 e. The van der Waals surface area contributed by atoms with Crippen molar-refractivity contribution in [3.05, 3.63) is 12.0 Å². The van der Waals surface area contributed by atoms with Gasteiger partial charge in [0.2, 0.25) is 10.0 Å². The van der Waals surface area contributed by atoms with Crippen LogP contribution in [0.3, 0.4) is 0 Å². The highest BCUT2D eigenvalue weighted by Gasteiger charge is 2.31. The van der Waals surface area contributed by atoms with Gasteiger partial charge in [0.05, 0.1) is 12.5 Å². The number of aromatic nitrogens is 2. The summed E-state index contributed by atoms with van der Waals surface area (Å²) in [6.07, 6.45) is 3.31. The predicted octanol–water partition coefficient (Wildman–Crippen LogP) is -0.580. The van der Waals surface area contributed by atoms with Crippen molar-refractivity contribution in [2.24, 2.45) is 0 Å². The van der Waals surface area contributed by atoms with Crippen LogP contribution in [0.2, 0.25) is 0 Å². The zero-order chi connectivity index (χ0) is 15.0. The molecule has 2 N–H and O–H groups in total. The first-order valence-electron chi connectivity index (χ1n) is 6.17. The van der Waals surface area contributed by atoms with E-state index < -0.39 is 20.0 Å². The van der Waals surface area contributed by atoms with Crippen LogP contribution in [0.1, 0.15) is 18.7 Å². The molecule has 0 amide bonds. The minimum atomic E-state index is -3.57. The highest BCUT2D eigenvalue weighted by Crippen LogP contribution is 2.19. The predicted molar refractivity (Wildman–Crippen MR) is 73.1 cm³/mol. The van der Waals surface area contributed by atoms with Gasteiger partial charge in [-0.2, -0.15) is 4.31 Å². The summed E-state index contributed by atoms with van der Waals surface area (Å²) in [4.78, 5) is 6.60. The molecular formula is C10H18N4O4S2.